The number of carbonyl (C=O) groups is 1. The van der Waals surface area contributed by atoms with Gasteiger partial charge in [0.1, 0.15) is 0 Å². The number of alkyl halides is 2. The van der Waals surface area contributed by atoms with Crippen molar-refractivity contribution in [1.29, 1.82) is 0 Å². The third-order valence-corrected chi connectivity index (χ3v) is 3.24. The number of benzene rings is 1. The topological polar surface area (TPSA) is 29.1 Å². The summed E-state index contributed by atoms with van der Waals surface area (Å²) in [4.78, 5) is 11.7. The molecule has 0 unspecified atom stereocenters. The van der Waals surface area contributed by atoms with Gasteiger partial charge in [-0.05, 0) is 28.1 Å². The van der Waals surface area contributed by atoms with E-state index in [0.29, 0.717) is 10.0 Å². The van der Waals surface area contributed by atoms with Gasteiger partial charge in [-0.1, -0.05) is 12.1 Å². The van der Waals surface area contributed by atoms with Gasteiger partial charge >= 0.3 is 0 Å². The molecular weight excluding hydrogens is 280 g/mol. The van der Waals surface area contributed by atoms with Crippen LogP contribution in [0.25, 0.3) is 0 Å². The molecule has 2 nitrogen and oxygen atoms in total. The molecule has 0 aliphatic heterocycles. The van der Waals surface area contributed by atoms with Crippen molar-refractivity contribution in [2.24, 2.45) is 0 Å². The summed E-state index contributed by atoms with van der Waals surface area (Å²) in [7, 11) is 0. The van der Waals surface area contributed by atoms with Crippen molar-refractivity contribution < 1.29 is 13.6 Å². The zero-order valence-corrected chi connectivity index (χ0v) is 9.93. The molecule has 2 rings (SSSR count). The van der Waals surface area contributed by atoms with Crippen LogP contribution in [0.15, 0.2) is 28.7 Å². The smallest absolute Gasteiger partial charge is 0.252 e. The Morgan fingerprint density at radius 3 is 2.56 bits per heavy atom. The van der Waals surface area contributed by atoms with Crippen molar-refractivity contribution in [2.75, 3.05) is 0 Å². The molecule has 0 spiro atoms. The molecule has 86 valence electrons. The number of rotatable bonds is 2. The second-order valence-electron chi connectivity index (χ2n) is 3.91. The number of hydrogen-bond acceptors (Lipinski definition) is 1. The van der Waals surface area contributed by atoms with Crippen LogP contribution in [0.5, 0.6) is 0 Å². The quantitative estimate of drug-likeness (QED) is 0.891. The molecule has 1 aromatic carbocycles. The van der Waals surface area contributed by atoms with Crippen LogP contribution in [-0.2, 0) is 0 Å². The normalized spacial score (nSPS) is 18.9. The fraction of sp³-hybridized carbons (Fsp3) is 0.364. The van der Waals surface area contributed by atoms with Crippen molar-refractivity contribution in [3.05, 3.63) is 34.3 Å². The first-order valence-electron chi connectivity index (χ1n) is 4.91. The SMILES string of the molecule is O=C(NC1CC(F)(F)C1)c1ccccc1Br. The van der Waals surface area contributed by atoms with Crippen LogP contribution in [0, 0.1) is 0 Å². The predicted octanol–water partition coefficient (Wildman–Crippen LogP) is 2.98. The van der Waals surface area contributed by atoms with Crippen LogP contribution < -0.4 is 5.32 Å². The number of carbonyl (C=O) groups excluding carboxylic acids is 1. The van der Waals surface area contributed by atoms with E-state index in [9.17, 15) is 13.6 Å². The van der Waals surface area contributed by atoms with Gasteiger partial charge < -0.3 is 5.32 Å². The Labute approximate surface area is 100 Å². The fourth-order valence-electron chi connectivity index (χ4n) is 1.67. The van der Waals surface area contributed by atoms with E-state index in [2.05, 4.69) is 21.2 Å². The molecule has 0 aromatic heterocycles. The summed E-state index contributed by atoms with van der Waals surface area (Å²) in [6.07, 6.45) is -0.521. The van der Waals surface area contributed by atoms with Gasteiger partial charge in [-0.25, -0.2) is 8.78 Å². The van der Waals surface area contributed by atoms with E-state index in [1.165, 1.54) is 0 Å². The van der Waals surface area contributed by atoms with E-state index in [1.807, 2.05) is 0 Å². The van der Waals surface area contributed by atoms with Crippen molar-refractivity contribution in [2.45, 2.75) is 24.8 Å². The van der Waals surface area contributed by atoms with Gasteiger partial charge in [-0.2, -0.15) is 0 Å². The van der Waals surface area contributed by atoms with Crippen LogP contribution in [0.2, 0.25) is 0 Å². The summed E-state index contributed by atoms with van der Waals surface area (Å²) in [5.74, 6) is -2.92. The Bertz CT molecular complexity index is 414. The average Bonchev–Trinajstić information content (AvgIpc) is 2.15. The van der Waals surface area contributed by atoms with Crippen molar-refractivity contribution in [3.63, 3.8) is 0 Å². The van der Waals surface area contributed by atoms with Crippen LogP contribution in [0.4, 0.5) is 8.78 Å². The minimum Gasteiger partial charge on any atom is -0.349 e. The summed E-state index contributed by atoms with van der Waals surface area (Å²) in [6, 6.07) is 6.50. The van der Waals surface area contributed by atoms with Gasteiger partial charge in [0.05, 0.1) is 5.56 Å². The highest BCUT2D eigenvalue weighted by atomic mass is 79.9. The lowest BCUT2D eigenvalue weighted by Gasteiger charge is -2.35. The Hall–Kier alpha value is -0.970. The minimum absolute atomic E-state index is 0.261. The van der Waals surface area contributed by atoms with E-state index < -0.39 is 12.0 Å². The minimum atomic E-state index is -2.61. The molecule has 1 aliphatic rings. The summed E-state index contributed by atoms with van der Waals surface area (Å²) in [5.41, 5.74) is 0.470. The third-order valence-electron chi connectivity index (χ3n) is 2.54. The third kappa shape index (κ3) is 2.40. The lowest BCUT2D eigenvalue weighted by atomic mass is 9.88. The molecule has 0 heterocycles. The van der Waals surface area contributed by atoms with Gasteiger partial charge in [0.15, 0.2) is 0 Å². The second kappa shape index (κ2) is 4.13. The zero-order valence-electron chi connectivity index (χ0n) is 8.34. The second-order valence-corrected chi connectivity index (χ2v) is 4.77. The maximum absolute atomic E-state index is 12.6. The molecule has 0 saturated heterocycles. The van der Waals surface area contributed by atoms with Gasteiger partial charge in [0.25, 0.3) is 11.8 Å². The standard InChI is InChI=1S/C11H10BrF2NO/c12-9-4-2-1-3-8(9)10(16)15-7-5-11(13,14)6-7/h1-4,7H,5-6H2,(H,15,16). The molecule has 1 aromatic rings. The van der Waals surface area contributed by atoms with Crippen molar-refractivity contribution in [3.8, 4) is 0 Å². The Morgan fingerprint density at radius 2 is 2.00 bits per heavy atom. The van der Waals surface area contributed by atoms with Crippen LogP contribution in [0.1, 0.15) is 23.2 Å². The highest BCUT2D eigenvalue weighted by Crippen LogP contribution is 2.37. The number of halogens is 3. The van der Waals surface area contributed by atoms with Gasteiger partial charge in [-0.3, -0.25) is 4.79 Å². The lowest BCUT2D eigenvalue weighted by molar-refractivity contribution is -0.0901. The first-order valence-corrected chi connectivity index (χ1v) is 5.70. The Morgan fingerprint density at radius 1 is 1.38 bits per heavy atom. The summed E-state index contributed by atoms with van der Waals surface area (Å²) >= 11 is 3.24. The van der Waals surface area contributed by atoms with E-state index >= 15 is 0 Å². The number of nitrogens with one attached hydrogen (secondary N) is 1. The molecule has 5 heteroatoms. The van der Waals surface area contributed by atoms with Crippen LogP contribution >= 0.6 is 15.9 Å². The first kappa shape index (κ1) is 11.5. The molecule has 16 heavy (non-hydrogen) atoms. The lowest BCUT2D eigenvalue weighted by Crippen LogP contribution is -2.50. The van der Waals surface area contributed by atoms with Gasteiger partial charge in [0.2, 0.25) is 0 Å². The average molecular weight is 290 g/mol. The highest BCUT2D eigenvalue weighted by Gasteiger charge is 2.45. The van der Waals surface area contributed by atoms with E-state index in [1.54, 1.807) is 24.3 Å². The zero-order chi connectivity index (χ0) is 11.8. The molecule has 1 N–H and O–H groups in total. The molecule has 0 radical (unpaired) electrons. The maximum Gasteiger partial charge on any atom is 0.252 e. The number of amides is 1. The monoisotopic (exact) mass is 289 g/mol. The Balaban J connectivity index is 1.97. The number of hydrogen-bond donors (Lipinski definition) is 1. The fourth-order valence-corrected chi connectivity index (χ4v) is 2.14. The summed E-state index contributed by atoms with van der Waals surface area (Å²) < 4.78 is 25.8. The van der Waals surface area contributed by atoms with Crippen molar-refractivity contribution >= 4 is 21.8 Å². The molecule has 0 atom stereocenters. The van der Waals surface area contributed by atoms with Gasteiger partial charge in [0, 0.05) is 23.4 Å². The van der Waals surface area contributed by atoms with Gasteiger partial charge in [-0.15, -0.1) is 0 Å². The van der Waals surface area contributed by atoms with E-state index in [4.69, 9.17) is 0 Å². The van der Waals surface area contributed by atoms with Crippen molar-refractivity contribution in [1.82, 2.24) is 5.32 Å². The molecule has 0 bridgehead atoms. The molecule has 1 fully saturated rings. The van der Waals surface area contributed by atoms with E-state index in [-0.39, 0.29) is 18.7 Å². The Kier molecular flexibility index (Phi) is 2.97. The molecule has 1 aliphatic carbocycles. The molecule has 1 amide bonds. The molecule has 1 saturated carbocycles. The highest BCUT2D eigenvalue weighted by molar-refractivity contribution is 9.10. The summed E-state index contributed by atoms with van der Waals surface area (Å²) in [6.45, 7) is 0. The largest absolute Gasteiger partial charge is 0.349 e. The van der Waals surface area contributed by atoms with Crippen LogP contribution in [-0.4, -0.2) is 17.9 Å². The predicted molar refractivity (Wildman–Crippen MR) is 59.6 cm³/mol. The summed E-state index contributed by atoms with van der Waals surface area (Å²) in [5, 5.41) is 2.58. The maximum atomic E-state index is 12.6. The first-order chi connectivity index (χ1) is 7.48. The van der Waals surface area contributed by atoms with Crippen LogP contribution in [0.3, 0.4) is 0 Å². The van der Waals surface area contributed by atoms with E-state index in [0.717, 1.165) is 0 Å². The molecular formula is C11H10BrF2NO.